The number of aliphatic hydroxyl groups is 1. The summed E-state index contributed by atoms with van der Waals surface area (Å²) >= 11 is 0. The van der Waals surface area contributed by atoms with Gasteiger partial charge in [-0.05, 0) is 57.8 Å². The van der Waals surface area contributed by atoms with Crippen molar-refractivity contribution >= 4 is 39.5 Å². The summed E-state index contributed by atoms with van der Waals surface area (Å²) in [5.41, 5.74) is 0. The molecule has 0 aromatic heterocycles. The number of carbonyl (C=O) groups is 4. The van der Waals surface area contributed by atoms with Crippen molar-refractivity contribution in [2.75, 3.05) is 39.6 Å². The van der Waals surface area contributed by atoms with E-state index < -0.39 is 97.5 Å². The standard InChI is InChI=1S/C75H142O17P2/c1-5-9-13-17-21-25-29-32-34-37-40-43-47-51-55-59-72(77)85-65-70(91-74(79)61-57-53-49-45-39-28-24-20-16-12-8-4)67-89-93(81,82)87-63-69(76)64-88-94(83,84)90-68-71(92-75(80)62-58-54-50-46-42-36-31-27-23-19-15-11-7-3)66-86-73(78)60-56-52-48-44-41-38-35-33-30-26-22-18-14-10-6-2/h21,25,32,34,69-71,76H,5-20,22-24,26-31,33,35-68H2,1-4H3,(H,81,82)(H,83,84)/b25-21-,34-32-. The quantitative estimate of drug-likeness (QED) is 0.0169. The Hall–Kier alpha value is -2.46. The zero-order chi connectivity index (χ0) is 69.0. The van der Waals surface area contributed by atoms with Gasteiger partial charge in [0.2, 0.25) is 0 Å². The monoisotopic (exact) mass is 1380 g/mol. The van der Waals surface area contributed by atoms with Crippen molar-refractivity contribution in [2.45, 2.75) is 393 Å². The van der Waals surface area contributed by atoms with Crippen LogP contribution in [0.4, 0.5) is 0 Å². The largest absolute Gasteiger partial charge is 0.472 e. The van der Waals surface area contributed by atoms with E-state index in [1.54, 1.807) is 0 Å². The Kier molecular flexibility index (Phi) is 67.2. The third-order valence-electron chi connectivity index (χ3n) is 16.9. The molecule has 0 aliphatic heterocycles. The number of unbranched alkanes of at least 4 members (excludes halogenated alkanes) is 44. The van der Waals surface area contributed by atoms with Crippen LogP contribution in [0.3, 0.4) is 0 Å². The molecule has 0 radical (unpaired) electrons. The zero-order valence-corrected chi connectivity index (χ0v) is 62.2. The van der Waals surface area contributed by atoms with Crippen molar-refractivity contribution in [1.82, 2.24) is 0 Å². The molecule has 5 atom stereocenters. The molecule has 0 fully saturated rings. The predicted octanol–water partition coefficient (Wildman–Crippen LogP) is 21.8. The summed E-state index contributed by atoms with van der Waals surface area (Å²) in [6.45, 7) is 4.91. The number of carbonyl (C=O) groups excluding carboxylic acids is 4. The second-order valence-corrected chi connectivity index (χ2v) is 29.2. The summed E-state index contributed by atoms with van der Waals surface area (Å²) in [5, 5.41) is 10.6. The van der Waals surface area contributed by atoms with E-state index in [9.17, 15) is 43.2 Å². The van der Waals surface area contributed by atoms with Crippen LogP contribution in [0.15, 0.2) is 24.3 Å². The highest BCUT2D eigenvalue weighted by atomic mass is 31.2. The summed E-state index contributed by atoms with van der Waals surface area (Å²) < 4.78 is 68.4. The van der Waals surface area contributed by atoms with Gasteiger partial charge in [0.05, 0.1) is 26.4 Å². The molecule has 0 saturated heterocycles. The minimum atomic E-state index is -4.96. The van der Waals surface area contributed by atoms with Gasteiger partial charge in [-0.25, -0.2) is 9.13 Å². The second-order valence-electron chi connectivity index (χ2n) is 26.3. The lowest BCUT2D eigenvalue weighted by Gasteiger charge is -2.21. The van der Waals surface area contributed by atoms with Gasteiger partial charge in [-0.15, -0.1) is 0 Å². The highest BCUT2D eigenvalue weighted by Gasteiger charge is 2.30. The molecule has 0 saturated carbocycles. The van der Waals surface area contributed by atoms with E-state index in [1.165, 1.54) is 180 Å². The maximum absolute atomic E-state index is 13.1. The average Bonchev–Trinajstić information content (AvgIpc) is 1.35. The van der Waals surface area contributed by atoms with Gasteiger partial charge in [-0.1, -0.05) is 315 Å². The fraction of sp³-hybridized carbons (Fsp3) is 0.893. The second kappa shape index (κ2) is 69.0. The van der Waals surface area contributed by atoms with Crippen LogP contribution >= 0.6 is 15.6 Å². The van der Waals surface area contributed by atoms with Crippen molar-refractivity contribution in [3.8, 4) is 0 Å². The van der Waals surface area contributed by atoms with E-state index in [2.05, 4.69) is 52.0 Å². The van der Waals surface area contributed by atoms with E-state index >= 15 is 0 Å². The average molecular weight is 1380 g/mol. The van der Waals surface area contributed by atoms with Crippen molar-refractivity contribution in [2.24, 2.45) is 0 Å². The van der Waals surface area contributed by atoms with Crippen LogP contribution in [-0.2, 0) is 65.4 Å². The highest BCUT2D eigenvalue weighted by Crippen LogP contribution is 2.45. The Labute approximate surface area is 573 Å². The summed E-state index contributed by atoms with van der Waals surface area (Å²) in [7, 11) is -9.92. The minimum absolute atomic E-state index is 0.101. The van der Waals surface area contributed by atoms with Crippen LogP contribution in [0.1, 0.15) is 374 Å². The molecule has 17 nitrogen and oxygen atoms in total. The third-order valence-corrected chi connectivity index (χ3v) is 18.9. The fourth-order valence-electron chi connectivity index (χ4n) is 11.0. The molecule has 19 heteroatoms. The number of allylic oxidation sites excluding steroid dienone is 4. The molecule has 0 amide bonds. The van der Waals surface area contributed by atoms with Crippen LogP contribution < -0.4 is 0 Å². The summed E-state index contributed by atoms with van der Waals surface area (Å²) in [4.78, 5) is 72.7. The molecule has 0 heterocycles. The van der Waals surface area contributed by atoms with E-state index in [0.29, 0.717) is 25.7 Å². The molecular formula is C75H142O17P2. The Morgan fingerprint density at radius 3 is 0.809 bits per heavy atom. The topological polar surface area (TPSA) is 237 Å². The molecule has 0 aliphatic rings. The number of aliphatic hydroxyl groups excluding tert-OH is 1. The molecule has 0 aromatic carbocycles. The first-order valence-corrected chi connectivity index (χ1v) is 41.6. The normalized spacial score (nSPS) is 14.1. The molecule has 94 heavy (non-hydrogen) atoms. The molecule has 554 valence electrons. The number of hydrogen-bond acceptors (Lipinski definition) is 15. The molecule has 0 bridgehead atoms. The van der Waals surface area contributed by atoms with Crippen LogP contribution in [0.5, 0.6) is 0 Å². The lowest BCUT2D eigenvalue weighted by molar-refractivity contribution is -0.161. The van der Waals surface area contributed by atoms with E-state index in [1.807, 2.05) is 0 Å². The summed E-state index contributed by atoms with van der Waals surface area (Å²) in [6, 6.07) is 0. The van der Waals surface area contributed by atoms with Gasteiger partial charge in [0.15, 0.2) is 12.2 Å². The zero-order valence-electron chi connectivity index (χ0n) is 60.4. The van der Waals surface area contributed by atoms with E-state index in [0.717, 1.165) is 116 Å². The number of rotatable bonds is 74. The highest BCUT2D eigenvalue weighted by molar-refractivity contribution is 7.47. The first-order chi connectivity index (χ1) is 45.7. The fourth-order valence-corrected chi connectivity index (χ4v) is 12.6. The number of esters is 4. The number of phosphoric acid groups is 2. The van der Waals surface area contributed by atoms with Crippen molar-refractivity contribution in [1.29, 1.82) is 0 Å². The Bertz CT molecular complexity index is 1880. The number of hydrogen-bond donors (Lipinski definition) is 3. The van der Waals surface area contributed by atoms with Gasteiger partial charge in [0, 0.05) is 25.7 Å². The third kappa shape index (κ3) is 68.1. The molecule has 0 rings (SSSR count). The smallest absolute Gasteiger partial charge is 0.462 e. The molecule has 0 spiro atoms. The number of ether oxygens (including phenoxy) is 4. The van der Waals surface area contributed by atoms with Crippen molar-refractivity contribution < 1.29 is 80.2 Å². The minimum Gasteiger partial charge on any atom is -0.462 e. The summed E-state index contributed by atoms with van der Waals surface area (Å²) in [5.74, 6) is -2.14. The Morgan fingerprint density at radius 1 is 0.298 bits per heavy atom. The maximum Gasteiger partial charge on any atom is 0.472 e. The number of phosphoric ester groups is 2. The van der Waals surface area contributed by atoms with Crippen molar-refractivity contribution in [3.63, 3.8) is 0 Å². The van der Waals surface area contributed by atoms with Gasteiger partial charge in [0.25, 0.3) is 0 Å². The predicted molar refractivity (Wildman–Crippen MR) is 381 cm³/mol. The van der Waals surface area contributed by atoms with Gasteiger partial charge in [0.1, 0.15) is 19.3 Å². The Balaban J connectivity index is 5.26. The molecule has 0 aliphatic carbocycles. The summed E-state index contributed by atoms with van der Waals surface area (Å²) in [6.07, 6.45) is 61.6. The lowest BCUT2D eigenvalue weighted by Crippen LogP contribution is -2.30. The van der Waals surface area contributed by atoms with Crippen LogP contribution in [0, 0.1) is 0 Å². The lowest BCUT2D eigenvalue weighted by atomic mass is 10.0. The van der Waals surface area contributed by atoms with Gasteiger partial charge in [-0.2, -0.15) is 0 Å². The Morgan fingerprint density at radius 2 is 0.521 bits per heavy atom. The van der Waals surface area contributed by atoms with E-state index in [4.69, 9.17) is 37.0 Å². The van der Waals surface area contributed by atoms with Crippen LogP contribution in [0.25, 0.3) is 0 Å². The molecule has 0 aromatic rings. The first kappa shape index (κ1) is 91.5. The van der Waals surface area contributed by atoms with E-state index in [-0.39, 0.29) is 25.7 Å². The van der Waals surface area contributed by atoms with Crippen LogP contribution in [-0.4, -0.2) is 96.7 Å². The van der Waals surface area contributed by atoms with Crippen LogP contribution in [0.2, 0.25) is 0 Å². The maximum atomic E-state index is 13.1. The van der Waals surface area contributed by atoms with Gasteiger partial charge < -0.3 is 33.8 Å². The SMILES string of the molecule is CCCCC/C=C\C/C=C\CCCCCCCC(=O)OCC(COP(=O)(O)OCC(O)COP(=O)(O)OCC(COC(=O)CCCCCCCCCCCCCCCCC)OC(=O)CCCCCCCCCCCCCCC)OC(=O)CCCCCCCCCCCCC. The van der Waals surface area contributed by atoms with Crippen molar-refractivity contribution in [3.05, 3.63) is 24.3 Å². The van der Waals surface area contributed by atoms with Gasteiger partial charge >= 0.3 is 39.5 Å². The molecular weight excluding hydrogens is 1230 g/mol. The molecule has 3 N–H and O–H groups in total. The first-order valence-electron chi connectivity index (χ1n) is 38.6. The molecule has 5 unspecified atom stereocenters. The van der Waals surface area contributed by atoms with Gasteiger partial charge in [-0.3, -0.25) is 37.3 Å².